The van der Waals surface area contributed by atoms with E-state index in [2.05, 4.69) is 25.1 Å². The highest BCUT2D eigenvalue weighted by molar-refractivity contribution is 7.19. The first kappa shape index (κ1) is 26.5. The monoisotopic (exact) mass is 578 g/mol. The smallest absolute Gasteiger partial charge is 0.246 e. The Morgan fingerprint density at radius 3 is 2.67 bits per heavy atom. The molecule has 1 saturated heterocycles. The average molecular weight is 579 g/mol. The van der Waals surface area contributed by atoms with Crippen molar-refractivity contribution in [2.45, 2.75) is 13.0 Å². The van der Waals surface area contributed by atoms with E-state index in [0.717, 1.165) is 59.1 Å². The van der Waals surface area contributed by atoms with E-state index in [4.69, 9.17) is 11.6 Å². The van der Waals surface area contributed by atoms with Crippen LogP contribution in [-0.4, -0.2) is 70.1 Å². The van der Waals surface area contributed by atoms with Crippen molar-refractivity contribution in [3.05, 3.63) is 82.2 Å². The third-order valence-corrected chi connectivity index (χ3v) is 8.76. The quantitative estimate of drug-likeness (QED) is 0.304. The number of aromatic hydroxyl groups is 1. The Bertz CT molecular complexity index is 1570. The molecule has 4 heterocycles. The van der Waals surface area contributed by atoms with E-state index in [-0.39, 0.29) is 16.7 Å². The van der Waals surface area contributed by atoms with E-state index in [0.29, 0.717) is 31.0 Å². The van der Waals surface area contributed by atoms with Crippen LogP contribution >= 0.6 is 22.9 Å². The zero-order valence-electron chi connectivity index (χ0n) is 21.7. The van der Waals surface area contributed by atoms with Crippen LogP contribution in [0.4, 0.5) is 21.6 Å². The van der Waals surface area contributed by atoms with Gasteiger partial charge in [-0.3, -0.25) is 9.69 Å². The molecule has 2 N–H and O–H groups in total. The van der Waals surface area contributed by atoms with Crippen LogP contribution < -0.4 is 10.2 Å². The first-order valence-corrected chi connectivity index (χ1v) is 14.3. The summed E-state index contributed by atoms with van der Waals surface area (Å²) in [4.78, 5) is 30.4. The molecule has 2 aromatic heterocycles. The van der Waals surface area contributed by atoms with Crippen LogP contribution in [0.1, 0.15) is 10.4 Å². The molecule has 0 spiro atoms. The molecule has 0 saturated carbocycles. The van der Waals surface area contributed by atoms with Gasteiger partial charge in [-0.1, -0.05) is 17.7 Å². The molecule has 2 aromatic carbocycles. The third-order valence-electron chi connectivity index (χ3n) is 7.34. The summed E-state index contributed by atoms with van der Waals surface area (Å²) in [6.45, 7) is 5.51. The van der Waals surface area contributed by atoms with Gasteiger partial charge in [0.25, 0.3) is 0 Å². The Hall–Kier alpha value is -3.73. The van der Waals surface area contributed by atoms with Gasteiger partial charge in [-0.25, -0.2) is 14.4 Å². The number of benzene rings is 2. The number of carbonyl (C=O) groups excluding carboxylic acids is 1. The van der Waals surface area contributed by atoms with Crippen LogP contribution in [0.3, 0.4) is 0 Å². The predicted molar refractivity (Wildman–Crippen MR) is 157 cm³/mol. The SMILES string of the molecule is O=C(C=CCN1CCN(c2ccc(O)cc2)CC1)N1CCc2c(sc3ncnc(Nc4ccc(F)c(Cl)c4)c23)C1. The molecule has 0 radical (unpaired) electrons. The topological polar surface area (TPSA) is 84.8 Å². The van der Waals surface area contributed by atoms with Crippen molar-refractivity contribution in [1.82, 2.24) is 19.8 Å². The number of hydrogen-bond acceptors (Lipinski definition) is 8. The van der Waals surface area contributed by atoms with Crippen LogP contribution in [0.25, 0.3) is 10.2 Å². The second-order valence-electron chi connectivity index (χ2n) is 9.88. The molecule has 1 fully saturated rings. The lowest BCUT2D eigenvalue weighted by atomic mass is 10.0. The molecule has 4 aromatic rings. The minimum Gasteiger partial charge on any atom is -0.508 e. The Kier molecular flexibility index (Phi) is 7.55. The molecule has 0 bridgehead atoms. The number of halogens is 2. The number of amides is 1. The van der Waals surface area contributed by atoms with Gasteiger partial charge < -0.3 is 20.2 Å². The largest absolute Gasteiger partial charge is 0.508 e. The number of carbonyl (C=O) groups is 1. The minimum atomic E-state index is -0.472. The van der Waals surface area contributed by atoms with Crippen LogP contribution in [-0.2, 0) is 17.8 Å². The molecule has 6 rings (SSSR count). The van der Waals surface area contributed by atoms with Crippen molar-refractivity contribution >= 4 is 56.3 Å². The molecular formula is C29H28ClFN6O2S. The Balaban J connectivity index is 1.06. The molecule has 206 valence electrons. The van der Waals surface area contributed by atoms with E-state index < -0.39 is 5.82 Å². The number of phenolic OH excluding ortho intramolecular Hbond substituents is 1. The van der Waals surface area contributed by atoms with Crippen LogP contribution in [0.5, 0.6) is 5.75 Å². The first-order chi connectivity index (χ1) is 19.4. The van der Waals surface area contributed by atoms with Crippen molar-refractivity contribution in [2.24, 2.45) is 0 Å². The molecule has 11 heteroatoms. The van der Waals surface area contributed by atoms with Crippen LogP contribution in [0, 0.1) is 5.82 Å². The number of fused-ring (bicyclic) bond motifs is 3. The summed E-state index contributed by atoms with van der Waals surface area (Å²) in [6.07, 6.45) is 5.87. The van der Waals surface area contributed by atoms with E-state index in [1.807, 2.05) is 23.1 Å². The Labute approximate surface area is 240 Å². The summed E-state index contributed by atoms with van der Waals surface area (Å²) < 4.78 is 13.6. The average Bonchev–Trinajstić information content (AvgIpc) is 3.35. The summed E-state index contributed by atoms with van der Waals surface area (Å²) in [5, 5.41) is 13.7. The summed E-state index contributed by atoms with van der Waals surface area (Å²) in [7, 11) is 0. The lowest BCUT2D eigenvalue weighted by molar-refractivity contribution is -0.126. The maximum Gasteiger partial charge on any atom is 0.246 e. The van der Waals surface area contributed by atoms with Crippen molar-refractivity contribution in [1.29, 1.82) is 0 Å². The summed E-state index contributed by atoms with van der Waals surface area (Å²) in [6, 6.07) is 11.8. The number of nitrogens with zero attached hydrogens (tertiary/aromatic N) is 5. The summed E-state index contributed by atoms with van der Waals surface area (Å²) >= 11 is 7.53. The maximum atomic E-state index is 13.6. The molecule has 0 unspecified atom stereocenters. The molecule has 2 aliphatic rings. The lowest BCUT2D eigenvalue weighted by Crippen LogP contribution is -2.46. The van der Waals surface area contributed by atoms with Gasteiger partial charge in [0.15, 0.2) is 0 Å². The zero-order valence-corrected chi connectivity index (χ0v) is 23.3. The zero-order chi connectivity index (χ0) is 27.6. The van der Waals surface area contributed by atoms with Gasteiger partial charge in [0.1, 0.15) is 28.5 Å². The number of piperazine rings is 1. The Morgan fingerprint density at radius 1 is 1.10 bits per heavy atom. The first-order valence-electron chi connectivity index (χ1n) is 13.1. The molecule has 0 aliphatic carbocycles. The normalized spacial score (nSPS) is 16.1. The molecule has 2 aliphatic heterocycles. The minimum absolute atomic E-state index is 0.0104. The lowest BCUT2D eigenvalue weighted by Gasteiger charge is -2.35. The van der Waals surface area contributed by atoms with Gasteiger partial charge in [-0.15, -0.1) is 11.3 Å². The van der Waals surface area contributed by atoms with Crippen molar-refractivity contribution in [3.8, 4) is 5.75 Å². The van der Waals surface area contributed by atoms with E-state index in [9.17, 15) is 14.3 Å². The predicted octanol–water partition coefficient (Wildman–Crippen LogP) is 5.20. The number of rotatable bonds is 6. The summed E-state index contributed by atoms with van der Waals surface area (Å²) in [5.74, 6) is 0.462. The molecule has 8 nitrogen and oxygen atoms in total. The highest BCUT2D eigenvalue weighted by Crippen LogP contribution is 2.38. The molecular weight excluding hydrogens is 551 g/mol. The standard InChI is InChI=1S/C29H28ClFN6O2S/c30-23-16-19(3-8-24(23)31)34-28-27-22-9-11-37(17-25(22)40-29(27)33-18-32-28)26(39)2-1-10-35-12-14-36(15-13-35)20-4-6-21(38)7-5-20/h1-8,16,18,38H,9-15,17H2,(H,32,33,34). The van der Waals surface area contributed by atoms with Crippen molar-refractivity contribution in [3.63, 3.8) is 0 Å². The Morgan fingerprint density at radius 2 is 1.90 bits per heavy atom. The van der Waals surface area contributed by atoms with E-state index in [1.165, 1.54) is 18.5 Å². The summed E-state index contributed by atoms with van der Waals surface area (Å²) in [5.41, 5.74) is 2.91. The maximum absolute atomic E-state index is 13.6. The highest BCUT2D eigenvalue weighted by atomic mass is 35.5. The van der Waals surface area contributed by atoms with Gasteiger partial charge in [-0.2, -0.15) is 0 Å². The fraction of sp³-hybridized carbons (Fsp3) is 0.276. The van der Waals surface area contributed by atoms with Crippen LogP contribution in [0.2, 0.25) is 5.02 Å². The fourth-order valence-corrected chi connectivity index (χ4v) is 6.56. The second-order valence-corrected chi connectivity index (χ2v) is 11.4. The second kappa shape index (κ2) is 11.4. The van der Waals surface area contributed by atoms with E-state index in [1.54, 1.807) is 35.6 Å². The van der Waals surface area contributed by atoms with Crippen molar-refractivity contribution < 1.29 is 14.3 Å². The van der Waals surface area contributed by atoms with Gasteiger partial charge in [0.2, 0.25) is 5.91 Å². The number of anilines is 3. The molecule has 0 atom stereocenters. The van der Waals surface area contributed by atoms with Gasteiger partial charge in [0.05, 0.1) is 17.0 Å². The van der Waals surface area contributed by atoms with E-state index >= 15 is 0 Å². The molecule has 40 heavy (non-hydrogen) atoms. The van der Waals surface area contributed by atoms with Crippen LogP contribution in [0.15, 0.2) is 60.9 Å². The highest BCUT2D eigenvalue weighted by Gasteiger charge is 2.26. The van der Waals surface area contributed by atoms with Gasteiger partial charge in [-0.05, 0) is 54.4 Å². The van der Waals surface area contributed by atoms with Gasteiger partial charge >= 0.3 is 0 Å². The van der Waals surface area contributed by atoms with Crippen molar-refractivity contribution in [2.75, 3.05) is 49.5 Å². The number of hydrogen-bond donors (Lipinski definition) is 2. The molecule has 1 amide bonds. The van der Waals surface area contributed by atoms with Gasteiger partial charge in [0, 0.05) is 61.6 Å². The number of aromatic nitrogens is 2. The number of phenols is 1. The fourth-order valence-electron chi connectivity index (χ4n) is 5.18. The third kappa shape index (κ3) is 5.60. The number of thiophene rings is 1. The number of nitrogens with one attached hydrogen (secondary N) is 1.